The van der Waals surface area contributed by atoms with Crippen molar-refractivity contribution in [2.75, 3.05) is 5.32 Å². The van der Waals surface area contributed by atoms with E-state index < -0.39 is 28.7 Å². The second-order valence-corrected chi connectivity index (χ2v) is 12.8. The van der Waals surface area contributed by atoms with Gasteiger partial charge in [-0.2, -0.15) is 0 Å². The number of fused-ring (bicyclic) bond motifs is 3. The van der Waals surface area contributed by atoms with E-state index in [0.717, 1.165) is 56.9 Å². The minimum Gasteiger partial charge on any atom is -0.352 e. The monoisotopic (exact) mass is 571 g/mol. The van der Waals surface area contributed by atoms with Crippen LogP contribution in [0, 0.1) is 11.7 Å². The summed E-state index contributed by atoms with van der Waals surface area (Å²) in [6.45, 7) is 2.22. The molecule has 4 aliphatic rings. The molecule has 3 N–H and O–H groups in total. The first-order chi connectivity index (χ1) is 18.8. The molecule has 2 heterocycles. The van der Waals surface area contributed by atoms with Crippen molar-refractivity contribution in [1.29, 1.82) is 0 Å². The summed E-state index contributed by atoms with van der Waals surface area (Å²) in [6.07, 6.45) is 9.55. The maximum absolute atomic E-state index is 15.9. The van der Waals surface area contributed by atoms with E-state index in [0.29, 0.717) is 35.0 Å². The second-order valence-electron chi connectivity index (χ2n) is 12.0. The third-order valence-electron chi connectivity index (χ3n) is 10.1. The highest BCUT2D eigenvalue weighted by Crippen LogP contribution is 2.62. The van der Waals surface area contributed by atoms with Gasteiger partial charge in [0.25, 0.3) is 0 Å². The number of hydrogen-bond donors (Lipinski definition) is 3. The molecular weight excluding hydrogens is 536 g/mol. The molecule has 3 atom stereocenters. The predicted molar refractivity (Wildman–Crippen MR) is 153 cm³/mol. The Bertz CT molecular complexity index is 1290. The van der Waals surface area contributed by atoms with E-state index in [1.165, 1.54) is 6.07 Å². The van der Waals surface area contributed by atoms with E-state index in [1.54, 1.807) is 24.3 Å². The number of carbonyl (C=O) groups is 2. The van der Waals surface area contributed by atoms with Gasteiger partial charge >= 0.3 is 0 Å². The van der Waals surface area contributed by atoms with E-state index in [4.69, 9.17) is 23.2 Å². The summed E-state index contributed by atoms with van der Waals surface area (Å²) in [5.41, 5.74) is -0.207. The molecule has 39 heavy (non-hydrogen) atoms. The predicted octanol–water partition coefficient (Wildman–Crippen LogP) is 6.87. The van der Waals surface area contributed by atoms with Crippen LogP contribution in [0.15, 0.2) is 36.4 Å². The van der Waals surface area contributed by atoms with Crippen molar-refractivity contribution in [3.63, 3.8) is 0 Å². The zero-order valence-electron chi connectivity index (χ0n) is 22.3. The van der Waals surface area contributed by atoms with E-state index in [-0.39, 0.29) is 22.9 Å². The zero-order valence-corrected chi connectivity index (χ0v) is 23.8. The molecule has 0 radical (unpaired) electrons. The fourth-order valence-electron chi connectivity index (χ4n) is 8.22. The zero-order chi connectivity index (χ0) is 27.4. The van der Waals surface area contributed by atoms with Crippen LogP contribution < -0.4 is 16.0 Å². The fourth-order valence-corrected chi connectivity index (χ4v) is 8.58. The normalized spacial score (nSPS) is 31.3. The molecule has 2 saturated carbocycles. The number of amides is 2. The molecule has 6 rings (SSSR count). The van der Waals surface area contributed by atoms with Gasteiger partial charge in [-0.3, -0.25) is 14.9 Å². The van der Waals surface area contributed by atoms with Gasteiger partial charge in [-0.25, -0.2) is 4.39 Å². The van der Waals surface area contributed by atoms with Gasteiger partial charge in [-0.15, -0.1) is 0 Å². The van der Waals surface area contributed by atoms with Crippen LogP contribution in [0.1, 0.15) is 88.2 Å². The molecule has 5 nitrogen and oxygen atoms in total. The van der Waals surface area contributed by atoms with Crippen molar-refractivity contribution < 1.29 is 14.0 Å². The molecule has 2 aromatic carbocycles. The minimum atomic E-state index is -1.19. The van der Waals surface area contributed by atoms with Crippen molar-refractivity contribution in [3.05, 3.63) is 63.4 Å². The summed E-state index contributed by atoms with van der Waals surface area (Å²) in [5.74, 6) is -1.04. The van der Waals surface area contributed by atoms with Crippen LogP contribution in [0.5, 0.6) is 0 Å². The Labute approximate surface area is 239 Å². The van der Waals surface area contributed by atoms with E-state index in [9.17, 15) is 9.59 Å². The summed E-state index contributed by atoms with van der Waals surface area (Å²) in [6, 6.07) is 9.60. The highest BCUT2D eigenvalue weighted by atomic mass is 35.5. The van der Waals surface area contributed by atoms with Gasteiger partial charge in [0.1, 0.15) is 11.2 Å². The number of nitrogens with one attached hydrogen (secondary N) is 3. The number of carbonyl (C=O) groups excluding carboxylic acids is 2. The number of rotatable bonds is 4. The maximum Gasteiger partial charge on any atom is 0.238 e. The SMILES string of the molecule is CCC1CCC(NC(=O)[C@@H]2NC3(CCCCC3)[C@@]3(C(=O)Nc4cc(Cl)ccc43)[C@H]2c2cccc(Cl)c2F)CC1. The molecule has 2 aliphatic heterocycles. The molecule has 2 spiro atoms. The van der Waals surface area contributed by atoms with E-state index in [2.05, 4.69) is 22.9 Å². The first-order valence-corrected chi connectivity index (χ1v) is 15.2. The average Bonchev–Trinajstić information content (AvgIpc) is 3.38. The average molecular weight is 573 g/mol. The molecule has 1 saturated heterocycles. The Kier molecular flexibility index (Phi) is 7.18. The lowest BCUT2D eigenvalue weighted by Gasteiger charge is -2.47. The van der Waals surface area contributed by atoms with E-state index >= 15 is 4.39 Å². The van der Waals surface area contributed by atoms with Crippen molar-refractivity contribution in [2.45, 2.75) is 100 Å². The quantitative estimate of drug-likeness (QED) is 0.375. The molecule has 0 bridgehead atoms. The van der Waals surface area contributed by atoms with Gasteiger partial charge in [0.05, 0.1) is 11.1 Å². The highest BCUT2D eigenvalue weighted by Gasteiger charge is 2.72. The number of hydrogen-bond acceptors (Lipinski definition) is 3. The highest BCUT2D eigenvalue weighted by molar-refractivity contribution is 6.31. The summed E-state index contributed by atoms with van der Waals surface area (Å²) in [4.78, 5) is 28.6. The van der Waals surface area contributed by atoms with Crippen LogP contribution >= 0.6 is 23.2 Å². The largest absolute Gasteiger partial charge is 0.352 e. The molecule has 2 amide bonds. The summed E-state index contributed by atoms with van der Waals surface area (Å²) < 4.78 is 15.9. The first kappa shape index (κ1) is 27.0. The van der Waals surface area contributed by atoms with Gasteiger partial charge in [-0.05, 0) is 73.8 Å². The molecular formula is C31H36Cl2FN3O2. The first-order valence-electron chi connectivity index (χ1n) is 14.4. The summed E-state index contributed by atoms with van der Waals surface area (Å²) in [7, 11) is 0. The van der Waals surface area contributed by atoms with Crippen LogP contribution in [0.25, 0.3) is 0 Å². The smallest absolute Gasteiger partial charge is 0.238 e. The maximum atomic E-state index is 15.9. The second kappa shape index (κ2) is 10.4. The fraction of sp³-hybridized carbons (Fsp3) is 0.548. The molecule has 2 aliphatic carbocycles. The third kappa shape index (κ3) is 4.20. The number of anilines is 1. The van der Waals surface area contributed by atoms with E-state index in [1.807, 2.05) is 6.07 Å². The lowest BCUT2D eigenvalue weighted by Crippen LogP contribution is -2.60. The molecule has 2 aromatic rings. The minimum absolute atomic E-state index is 0.0148. The van der Waals surface area contributed by atoms with Crippen molar-refractivity contribution in [1.82, 2.24) is 10.6 Å². The molecule has 8 heteroatoms. The topological polar surface area (TPSA) is 70.2 Å². The van der Waals surface area contributed by atoms with Crippen LogP contribution in [0.4, 0.5) is 10.1 Å². The molecule has 208 valence electrons. The lowest BCUT2D eigenvalue weighted by molar-refractivity contribution is -0.124. The Morgan fingerprint density at radius 2 is 1.82 bits per heavy atom. The number of benzene rings is 2. The number of halogens is 3. The van der Waals surface area contributed by atoms with Crippen molar-refractivity contribution in [3.8, 4) is 0 Å². The van der Waals surface area contributed by atoms with Gasteiger partial charge in [0.15, 0.2) is 0 Å². The Balaban J connectivity index is 1.50. The van der Waals surface area contributed by atoms with Gasteiger partial charge in [0, 0.05) is 28.2 Å². The van der Waals surface area contributed by atoms with Crippen LogP contribution in [0.3, 0.4) is 0 Å². The van der Waals surface area contributed by atoms with Gasteiger partial charge < -0.3 is 10.6 Å². The Morgan fingerprint density at radius 3 is 2.54 bits per heavy atom. The standard InChI is InChI=1S/C31H36Cl2FN3O2/c1-2-18-9-12-20(13-10-18)35-28(38)27-25(21-7-6-8-23(33)26(21)34)31(30(37-27)15-4-3-5-16-30)22-14-11-19(32)17-24(22)36-29(31)39/h6-8,11,14,17-18,20,25,27,37H,2-5,9-10,12-13,15-16H2,1H3,(H,35,38)(H,36,39)/t18?,20?,25-,27+,31+/m0/s1. The summed E-state index contributed by atoms with van der Waals surface area (Å²) >= 11 is 12.7. The van der Waals surface area contributed by atoms with Crippen LogP contribution in [-0.2, 0) is 15.0 Å². The summed E-state index contributed by atoms with van der Waals surface area (Å²) in [5, 5.41) is 10.6. The lowest BCUT2D eigenvalue weighted by atomic mass is 9.55. The Morgan fingerprint density at radius 1 is 1.08 bits per heavy atom. The van der Waals surface area contributed by atoms with Crippen molar-refractivity contribution >= 4 is 40.7 Å². The van der Waals surface area contributed by atoms with Crippen molar-refractivity contribution in [2.24, 2.45) is 5.92 Å². The third-order valence-corrected chi connectivity index (χ3v) is 10.6. The molecule has 3 fully saturated rings. The Hall–Kier alpha value is -2.15. The van der Waals surface area contributed by atoms with Crippen LogP contribution in [0.2, 0.25) is 10.0 Å². The van der Waals surface area contributed by atoms with Gasteiger partial charge in [0.2, 0.25) is 11.8 Å². The van der Waals surface area contributed by atoms with Crippen LogP contribution in [-0.4, -0.2) is 29.4 Å². The van der Waals surface area contributed by atoms with Gasteiger partial charge in [-0.1, -0.05) is 74.0 Å². The molecule has 0 unspecified atom stereocenters. The molecule has 0 aromatic heterocycles.